The highest BCUT2D eigenvalue weighted by molar-refractivity contribution is 9.10. The van der Waals surface area contributed by atoms with E-state index in [4.69, 9.17) is 0 Å². The first kappa shape index (κ1) is 11.1. The molecule has 17 heavy (non-hydrogen) atoms. The number of halogens is 2. The highest BCUT2D eigenvalue weighted by Crippen LogP contribution is 2.24. The summed E-state index contributed by atoms with van der Waals surface area (Å²) in [4.78, 5) is 2.25. The van der Waals surface area contributed by atoms with Gasteiger partial charge in [-0.3, -0.25) is 0 Å². The second kappa shape index (κ2) is 4.03. The van der Waals surface area contributed by atoms with E-state index in [1.807, 2.05) is 0 Å². The molecule has 1 aromatic carbocycles. The predicted octanol–water partition coefficient (Wildman–Crippen LogP) is 1.89. The summed E-state index contributed by atoms with van der Waals surface area (Å²) in [6.45, 7) is 2.94. The van der Waals surface area contributed by atoms with Gasteiger partial charge in [0.05, 0.1) is 9.99 Å². The maximum absolute atomic E-state index is 13.3. The first-order valence-electron chi connectivity index (χ1n) is 5.50. The van der Waals surface area contributed by atoms with Gasteiger partial charge in [-0.25, -0.2) is 9.07 Å². The Morgan fingerprint density at radius 3 is 2.94 bits per heavy atom. The lowest BCUT2D eigenvalue weighted by Crippen LogP contribution is -2.45. The molecule has 0 N–H and O–H groups in total. The smallest absolute Gasteiger partial charge is 0.127 e. The highest BCUT2D eigenvalue weighted by atomic mass is 79.9. The van der Waals surface area contributed by atoms with Gasteiger partial charge in [-0.2, -0.15) is 0 Å². The second-order valence-electron chi connectivity index (χ2n) is 4.61. The van der Waals surface area contributed by atoms with Crippen molar-refractivity contribution in [2.45, 2.75) is 6.54 Å². The van der Waals surface area contributed by atoms with Crippen molar-refractivity contribution < 1.29 is 4.39 Å². The van der Waals surface area contributed by atoms with Gasteiger partial charge in [0.25, 0.3) is 0 Å². The molecule has 1 aromatic heterocycles. The van der Waals surface area contributed by atoms with Crippen LogP contribution in [-0.4, -0.2) is 40.0 Å². The third-order valence-corrected chi connectivity index (χ3v) is 3.71. The van der Waals surface area contributed by atoms with Crippen molar-refractivity contribution in [2.24, 2.45) is 5.92 Å². The molecule has 0 saturated carbocycles. The average molecular weight is 299 g/mol. The Bertz CT molecular complexity index is 562. The Morgan fingerprint density at radius 2 is 2.24 bits per heavy atom. The zero-order valence-corrected chi connectivity index (χ0v) is 11.0. The lowest BCUT2D eigenvalue weighted by Gasteiger charge is -2.35. The van der Waals surface area contributed by atoms with Gasteiger partial charge in [-0.1, -0.05) is 5.21 Å². The number of benzene rings is 1. The van der Waals surface area contributed by atoms with Crippen LogP contribution in [0.1, 0.15) is 0 Å². The highest BCUT2D eigenvalue weighted by Gasteiger charge is 2.24. The molecule has 0 spiro atoms. The molecule has 1 aliphatic heterocycles. The first-order chi connectivity index (χ1) is 8.13. The molecule has 0 bridgehead atoms. The molecule has 0 amide bonds. The standard InChI is InChI=1S/C11H12BrFN4/c1-16-4-7(5-16)6-17-10-3-8(13)2-9(12)11(10)14-15-17/h2-3,7H,4-6H2,1H3. The molecule has 2 heterocycles. The van der Waals surface area contributed by atoms with Crippen molar-refractivity contribution in [1.29, 1.82) is 0 Å². The van der Waals surface area contributed by atoms with E-state index in [0.29, 0.717) is 10.4 Å². The maximum atomic E-state index is 13.3. The van der Waals surface area contributed by atoms with Crippen LogP contribution >= 0.6 is 15.9 Å². The molecule has 4 nitrogen and oxygen atoms in total. The Balaban J connectivity index is 1.94. The van der Waals surface area contributed by atoms with Crippen molar-refractivity contribution in [2.75, 3.05) is 20.1 Å². The van der Waals surface area contributed by atoms with E-state index in [9.17, 15) is 4.39 Å². The van der Waals surface area contributed by atoms with Crippen molar-refractivity contribution in [3.8, 4) is 0 Å². The second-order valence-corrected chi connectivity index (χ2v) is 5.47. The number of hydrogen-bond donors (Lipinski definition) is 0. The quantitative estimate of drug-likeness (QED) is 0.849. The summed E-state index contributed by atoms with van der Waals surface area (Å²) in [7, 11) is 2.09. The van der Waals surface area contributed by atoms with Crippen LogP contribution in [-0.2, 0) is 6.54 Å². The fourth-order valence-corrected chi connectivity index (χ4v) is 2.82. The van der Waals surface area contributed by atoms with Gasteiger partial charge in [0.15, 0.2) is 0 Å². The predicted molar refractivity (Wildman–Crippen MR) is 66.2 cm³/mol. The number of nitrogens with zero attached hydrogens (tertiary/aromatic N) is 4. The van der Waals surface area contributed by atoms with E-state index in [2.05, 4.69) is 38.2 Å². The molecule has 0 aliphatic carbocycles. The summed E-state index contributed by atoms with van der Waals surface area (Å²) in [5, 5.41) is 8.17. The molecule has 90 valence electrons. The van der Waals surface area contributed by atoms with Crippen molar-refractivity contribution >= 4 is 27.0 Å². The summed E-state index contributed by atoms with van der Waals surface area (Å²) in [6.07, 6.45) is 0. The summed E-state index contributed by atoms with van der Waals surface area (Å²) < 4.78 is 15.8. The molecule has 0 unspecified atom stereocenters. The van der Waals surface area contributed by atoms with Crippen LogP contribution in [0.25, 0.3) is 11.0 Å². The van der Waals surface area contributed by atoms with E-state index in [-0.39, 0.29) is 5.82 Å². The van der Waals surface area contributed by atoms with Gasteiger partial charge in [0, 0.05) is 31.6 Å². The summed E-state index contributed by atoms with van der Waals surface area (Å²) >= 11 is 3.30. The Morgan fingerprint density at radius 1 is 1.47 bits per heavy atom. The number of hydrogen-bond acceptors (Lipinski definition) is 3. The van der Waals surface area contributed by atoms with E-state index < -0.39 is 0 Å². The van der Waals surface area contributed by atoms with E-state index in [1.165, 1.54) is 12.1 Å². The van der Waals surface area contributed by atoms with Crippen molar-refractivity contribution in [1.82, 2.24) is 19.9 Å². The zero-order valence-electron chi connectivity index (χ0n) is 9.40. The van der Waals surface area contributed by atoms with Gasteiger partial charge in [0.2, 0.25) is 0 Å². The van der Waals surface area contributed by atoms with Crippen LogP contribution in [0, 0.1) is 11.7 Å². The number of rotatable bonds is 2. The minimum atomic E-state index is -0.265. The maximum Gasteiger partial charge on any atom is 0.127 e. The molecule has 2 aromatic rings. The monoisotopic (exact) mass is 298 g/mol. The van der Waals surface area contributed by atoms with Crippen LogP contribution < -0.4 is 0 Å². The average Bonchev–Trinajstić information content (AvgIpc) is 2.59. The molecular weight excluding hydrogens is 287 g/mol. The van der Waals surface area contributed by atoms with Gasteiger partial charge in [-0.15, -0.1) is 5.10 Å². The minimum absolute atomic E-state index is 0.265. The fourth-order valence-electron chi connectivity index (χ4n) is 2.32. The third-order valence-electron chi connectivity index (χ3n) is 3.11. The molecule has 1 saturated heterocycles. The van der Waals surface area contributed by atoms with Crippen molar-refractivity contribution in [3.05, 3.63) is 22.4 Å². The van der Waals surface area contributed by atoms with E-state index in [1.54, 1.807) is 4.68 Å². The molecule has 1 aliphatic rings. The molecular formula is C11H12BrFN4. The molecule has 1 fully saturated rings. The van der Waals surface area contributed by atoms with Crippen LogP contribution in [0.4, 0.5) is 4.39 Å². The van der Waals surface area contributed by atoms with E-state index in [0.717, 1.165) is 30.7 Å². The first-order valence-corrected chi connectivity index (χ1v) is 6.29. The summed E-state index contributed by atoms with van der Waals surface area (Å²) in [5.74, 6) is 0.325. The fraction of sp³-hybridized carbons (Fsp3) is 0.455. The molecule has 3 rings (SSSR count). The Kier molecular flexibility index (Phi) is 2.63. The minimum Gasteiger partial charge on any atom is -0.306 e. The Labute approximate surface area is 107 Å². The molecule has 0 radical (unpaired) electrons. The van der Waals surface area contributed by atoms with Gasteiger partial charge < -0.3 is 4.90 Å². The van der Waals surface area contributed by atoms with Gasteiger partial charge >= 0.3 is 0 Å². The van der Waals surface area contributed by atoms with E-state index >= 15 is 0 Å². The van der Waals surface area contributed by atoms with Crippen molar-refractivity contribution in [3.63, 3.8) is 0 Å². The largest absolute Gasteiger partial charge is 0.306 e. The normalized spacial score (nSPS) is 17.6. The number of likely N-dealkylation sites (tertiary alicyclic amines) is 1. The van der Waals surface area contributed by atoms with Crippen LogP contribution in [0.2, 0.25) is 0 Å². The van der Waals surface area contributed by atoms with Crippen LogP contribution in [0.15, 0.2) is 16.6 Å². The lowest BCUT2D eigenvalue weighted by molar-refractivity contribution is 0.116. The summed E-state index contributed by atoms with van der Waals surface area (Å²) in [5.41, 5.74) is 1.48. The Hall–Kier alpha value is -1.01. The van der Waals surface area contributed by atoms with Gasteiger partial charge in [0.1, 0.15) is 11.3 Å². The molecule has 6 heteroatoms. The third kappa shape index (κ3) is 1.95. The lowest BCUT2D eigenvalue weighted by atomic mass is 10.0. The summed E-state index contributed by atoms with van der Waals surface area (Å²) in [6, 6.07) is 2.90. The molecule has 0 atom stereocenters. The topological polar surface area (TPSA) is 34.0 Å². The zero-order chi connectivity index (χ0) is 12.0. The van der Waals surface area contributed by atoms with Crippen LogP contribution in [0.5, 0.6) is 0 Å². The SMILES string of the molecule is CN1CC(Cn2nnc3c(Br)cc(F)cc32)C1. The number of aromatic nitrogens is 3. The van der Waals surface area contributed by atoms with Gasteiger partial charge in [-0.05, 0) is 29.0 Å². The number of fused-ring (bicyclic) bond motifs is 1. The van der Waals surface area contributed by atoms with Crippen LogP contribution in [0.3, 0.4) is 0 Å².